The average molecular weight is 545 g/mol. The highest BCUT2D eigenvalue weighted by atomic mass is 16.6. The van der Waals surface area contributed by atoms with Crippen molar-refractivity contribution < 1.29 is 38.4 Å². The molecule has 0 unspecified atom stereocenters. The first kappa shape index (κ1) is 29.3. The molecule has 2 aromatic carbocycles. The van der Waals surface area contributed by atoms with E-state index in [4.69, 9.17) is 9.47 Å². The van der Waals surface area contributed by atoms with Crippen LogP contribution in [0.4, 0.5) is 11.4 Å². The van der Waals surface area contributed by atoms with E-state index in [1.165, 1.54) is 39.2 Å². The summed E-state index contributed by atoms with van der Waals surface area (Å²) < 4.78 is 19.1. The van der Waals surface area contributed by atoms with Gasteiger partial charge in [0.1, 0.15) is 0 Å². The van der Waals surface area contributed by atoms with Crippen LogP contribution in [0, 0.1) is 31.6 Å². The molecular weight excluding hydrogens is 512 g/mol. The van der Waals surface area contributed by atoms with E-state index < -0.39 is 21.8 Å². The zero-order valence-corrected chi connectivity index (χ0v) is 22.2. The van der Waals surface area contributed by atoms with Gasteiger partial charge < -0.3 is 18.9 Å². The van der Waals surface area contributed by atoms with Crippen LogP contribution in [-0.2, 0) is 31.9 Å². The number of hydrogen-bond donors (Lipinski definition) is 0. The molecule has 0 spiro atoms. The summed E-state index contributed by atoms with van der Waals surface area (Å²) in [7, 11) is 2.47. The van der Waals surface area contributed by atoms with Gasteiger partial charge in [-0.2, -0.15) is 0 Å². The molecule has 39 heavy (non-hydrogen) atoms. The van der Waals surface area contributed by atoms with Crippen molar-refractivity contribution in [3.8, 4) is 11.5 Å². The maximum Gasteiger partial charge on any atom is 0.343 e. The van der Waals surface area contributed by atoms with Gasteiger partial charge >= 0.3 is 23.3 Å². The third kappa shape index (κ3) is 9.24. The normalized spacial score (nSPS) is 14.7. The number of benzene rings is 2. The van der Waals surface area contributed by atoms with Crippen molar-refractivity contribution in [2.75, 3.05) is 27.4 Å². The van der Waals surface area contributed by atoms with Crippen molar-refractivity contribution in [3.63, 3.8) is 0 Å². The smallest absolute Gasteiger partial charge is 0.343 e. The van der Waals surface area contributed by atoms with E-state index in [1.54, 1.807) is 18.2 Å². The van der Waals surface area contributed by atoms with Crippen molar-refractivity contribution >= 4 is 23.3 Å². The third-order valence-electron chi connectivity index (χ3n) is 6.54. The summed E-state index contributed by atoms with van der Waals surface area (Å²) in [6, 6.07) is 9.74. The highest BCUT2D eigenvalue weighted by molar-refractivity contribution is 5.71. The number of hydrogen-bond acceptors (Lipinski definition) is 10. The number of ether oxygens (including phenoxy) is 4. The number of rotatable bonds is 12. The minimum atomic E-state index is -0.575. The summed E-state index contributed by atoms with van der Waals surface area (Å²) in [5, 5.41) is 22.1. The molecule has 0 amide bonds. The summed E-state index contributed by atoms with van der Waals surface area (Å²) in [6.07, 6.45) is 6.37. The monoisotopic (exact) mass is 544 g/mol. The van der Waals surface area contributed by atoms with Gasteiger partial charge in [0.15, 0.2) is 24.7 Å². The maximum absolute atomic E-state index is 11.1. The minimum Gasteiger partial charge on any atom is -0.475 e. The van der Waals surface area contributed by atoms with Crippen LogP contribution in [0.25, 0.3) is 0 Å². The van der Waals surface area contributed by atoms with E-state index in [-0.39, 0.29) is 41.5 Å². The zero-order valence-electron chi connectivity index (χ0n) is 22.2. The Bertz CT molecular complexity index is 1220. The van der Waals surface area contributed by atoms with E-state index in [2.05, 4.69) is 16.4 Å². The largest absolute Gasteiger partial charge is 0.475 e. The molecule has 0 N–H and O–H groups in total. The predicted molar refractivity (Wildman–Crippen MR) is 139 cm³/mol. The molecule has 2 fully saturated rings. The van der Waals surface area contributed by atoms with Gasteiger partial charge in [0, 0.05) is 12.1 Å². The lowest BCUT2D eigenvalue weighted by Crippen LogP contribution is -2.13. The van der Waals surface area contributed by atoms with Crippen LogP contribution < -0.4 is 9.47 Å². The summed E-state index contributed by atoms with van der Waals surface area (Å²) in [5.41, 5.74) is 1.90. The topological polar surface area (TPSA) is 157 Å². The van der Waals surface area contributed by atoms with Gasteiger partial charge in [-0.3, -0.25) is 20.2 Å². The number of methoxy groups -OCH3 is 2. The van der Waals surface area contributed by atoms with Crippen LogP contribution in [0.1, 0.15) is 43.7 Å². The summed E-state index contributed by atoms with van der Waals surface area (Å²) in [5.74, 6) is -0.313. The van der Waals surface area contributed by atoms with E-state index in [0.29, 0.717) is 5.92 Å². The van der Waals surface area contributed by atoms with Crippen molar-refractivity contribution in [3.05, 3.63) is 67.8 Å². The van der Waals surface area contributed by atoms with Gasteiger partial charge in [-0.25, -0.2) is 9.59 Å². The fraction of sp³-hybridized carbons (Fsp3) is 0.481. The maximum atomic E-state index is 11.1. The van der Waals surface area contributed by atoms with Crippen LogP contribution >= 0.6 is 0 Å². The molecule has 0 bridgehead atoms. The van der Waals surface area contributed by atoms with Crippen LogP contribution in [0.2, 0.25) is 0 Å². The van der Waals surface area contributed by atoms with E-state index in [9.17, 15) is 29.8 Å². The Hall–Kier alpha value is -4.22. The first-order valence-electron chi connectivity index (χ1n) is 12.5. The van der Waals surface area contributed by atoms with Gasteiger partial charge in [0.2, 0.25) is 0 Å². The van der Waals surface area contributed by atoms with Crippen molar-refractivity contribution in [2.45, 2.75) is 45.4 Å². The van der Waals surface area contributed by atoms with Crippen molar-refractivity contribution in [1.29, 1.82) is 0 Å². The highest BCUT2D eigenvalue weighted by Gasteiger charge is 2.37. The van der Waals surface area contributed by atoms with E-state index >= 15 is 0 Å². The molecule has 2 aliphatic rings. The summed E-state index contributed by atoms with van der Waals surface area (Å²) >= 11 is 0. The van der Waals surface area contributed by atoms with Crippen LogP contribution in [0.5, 0.6) is 11.5 Å². The molecule has 0 heterocycles. The third-order valence-corrected chi connectivity index (χ3v) is 6.54. The number of nitrogens with zero attached hydrogens (tertiary/aromatic N) is 2. The SMILES string of the molecule is COC(=O)COc1ccc(CC2(C)CC2)cc1[N+](=O)[O-].COC(=O)COc1ccc(CC2CC2)cc1[N+](=O)[O-]. The van der Waals surface area contributed by atoms with Crippen LogP contribution in [0.15, 0.2) is 36.4 Å². The fourth-order valence-corrected chi connectivity index (χ4v) is 3.82. The molecule has 2 saturated carbocycles. The Balaban J connectivity index is 0.000000216. The van der Waals surface area contributed by atoms with Gasteiger partial charge in [0.25, 0.3) is 0 Å². The molecule has 0 radical (unpaired) electrons. The number of carbonyl (C=O) groups is 2. The Morgan fingerprint density at radius 3 is 1.72 bits per heavy atom. The van der Waals surface area contributed by atoms with Gasteiger partial charge in [-0.1, -0.05) is 19.1 Å². The first-order valence-corrected chi connectivity index (χ1v) is 12.5. The van der Waals surface area contributed by atoms with Crippen molar-refractivity contribution in [2.24, 2.45) is 11.3 Å². The lowest BCUT2D eigenvalue weighted by atomic mass is 9.98. The highest BCUT2D eigenvalue weighted by Crippen LogP contribution is 2.48. The molecular formula is C27H32N2O10. The minimum absolute atomic E-state index is 0.0881. The van der Waals surface area contributed by atoms with Crippen molar-refractivity contribution in [1.82, 2.24) is 0 Å². The Labute approximate surface area is 225 Å². The summed E-state index contributed by atoms with van der Waals surface area (Å²) in [6.45, 7) is 1.49. The Kier molecular flexibility index (Phi) is 9.80. The Morgan fingerprint density at radius 1 is 0.846 bits per heavy atom. The second-order valence-corrected chi connectivity index (χ2v) is 9.98. The number of carbonyl (C=O) groups excluding carboxylic acids is 2. The van der Waals surface area contributed by atoms with Gasteiger partial charge in [0.05, 0.1) is 24.1 Å². The van der Waals surface area contributed by atoms with E-state index in [0.717, 1.165) is 36.8 Å². The van der Waals surface area contributed by atoms with E-state index in [1.807, 2.05) is 6.07 Å². The predicted octanol–water partition coefficient (Wildman–Crippen LogP) is 4.59. The van der Waals surface area contributed by atoms with Gasteiger partial charge in [-0.05, 0) is 73.1 Å². The molecule has 2 aromatic rings. The molecule has 0 aliphatic heterocycles. The summed E-state index contributed by atoms with van der Waals surface area (Å²) in [4.78, 5) is 43.1. The van der Waals surface area contributed by atoms with Crippen LogP contribution in [-0.4, -0.2) is 49.2 Å². The molecule has 210 valence electrons. The standard InChI is InChI=1S/C14H17NO5.C13H15NO5/c1-14(5-6-14)8-10-3-4-12(11(7-10)15(17)18)20-9-13(16)19-2;1-18-13(15)8-19-12-5-4-10(6-9-2-3-9)7-11(12)14(16)17/h3-4,7H,5-6,8-9H2,1-2H3;4-5,7,9H,2-3,6,8H2,1H3. The zero-order chi connectivity index (χ0) is 28.6. The molecule has 0 aromatic heterocycles. The quantitative estimate of drug-likeness (QED) is 0.210. The number of nitro groups is 2. The fourth-order valence-electron chi connectivity index (χ4n) is 3.82. The molecule has 4 rings (SSSR count). The number of esters is 2. The molecule has 2 aliphatic carbocycles. The molecule has 0 atom stereocenters. The van der Waals surface area contributed by atoms with Gasteiger partial charge in [-0.15, -0.1) is 0 Å². The number of nitro benzene ring substituents is 2. The van der Waals surface area contributed by atoms with Crippen LogP contribution in [0.3, 0.4) is 0 Å². The Morgan fingerprint density at radius 2 is 1.31 bits per heavy atom. The lowest BCUT2D eigenvalue weighted by Gasteiger charge is -2.10. The molecule has 12 heteroatoms. The first-order chi connectivity index (χ1) is 18.5. The second kappa shape index (κ2) is 13.0. The molecule has 0 saturated heterocycles. The average Bonchev–Trinajstić information content (AvgIpc) is 3.85. The molecule has 12 nitrogen and oxygen atoms in total. The second-order valence-electron chi connectivity index (χ2n) is 9.98. The lowest BCUT2D eigenvalue weighted by molar-refractivity contribution is -0.386.